The van der Waals surface area contributed by atoms with E-state index >= 15 is 0 Å². The highest BCUT2D eigenvalue weighted by Gasteiger charge is 2.33. The minimum Gasteiger partial charge on any atom is -0.495 e. The van der Waals surface area contributed by atoms with Crippen molar-refractivity contribution in [3.05, 3.63) is 23.3 Å². The molecule has 1 aromatic rings. The third-order valence-corrected chi connectivity index (χ3v) is 5.25. The van der Waals surface area contributed by atoms with Crippen LogP contribution >= 0.6 is 0 Å². The summed E-state index contributed by atoms with van der Waals surface area (Å²) in [5.41, 5.74) is 1.40. The lowest BCUT2D eigenvalue weighted by Gasteiger charge is -2.26. The molecule has 0 aliphatic heterocycles. The molecule has 0 atom stereocenters. The Morgan fingerprint density at radius 2 is 1.90 bits per heavy atom. The maximum atomic E-state index is 12.8. The number of carboxylic acids is 1. The largest absolute Gasteiger partial charge is 0.495 e. The molecular weight excluding hydrogens is 294 g/mol. The fraction of sp³-hybridized carbons (Fsp3) is 0.500. The molecule has 0 radical (unpaired) electrons. The number of rotatable bonds is 6. The Hall–Kier alpha value is -1.60. The van der Waals surface area contributed by atoms with Crippen LogP contribution in [-0.2, 0) is 14.8 Å². The van der Waals surface area contributed by atoms with Crippen LogP contribution in [0.15, 0.2) is 17.0 Å². The Kier molecular flexibility index (Phi) is 5.36. The molecule has 1 rings (SSSR count). The van der Waals surface area contributed by atoms with Crippen LogP contribution in [0.1, 0.15) is 25.0 Å². The zero-order chi connectivity index (χ0) is 16.4. The van der Waals surface area contributed by atoms with E-state index < -0.39 is 28.6 Å². The first-order chi connectivity index (χ1) is 9.61. The van der Waals surface area contributed by atoms with E-state index in [9.17, 15) is 13.2 Å². The zero-order valence-electron chi connectivity index (χ0n) is 12.9. The lowest BCUT2D eigenvalue weighted by atomic mass is 10.1. The van der Waals surface area contributed by atoms with Gasteiger partial charge in [-0.25, -0.2) is 8.42 Å². The SMILES string of the molecule is COc1cc(C)cc(C)c1S(=O)(=O)N(CC(=O)O)C(C)C. The summed E-state index contributed by atoms with van der Waals surface area (Å²) in [6.07, 6.45) is 0. The number of nitrogens with zero attached hydrogens (tertiary/aromatic N) is 1. The Balaban J connectivity index is 3.51. The predicted molar refractivity (Wildman–Crippen MR) is 79.1 cm³/mol. The Morgan fingerprint density at radius 3 is 2.33 bits per heavy atom. The fourth-order valence-corrected chi connectivity index (χ4v) is 4.13. The third-order valence-electron chi connectivity index (χ3n) is 3.04. The number of carbonyl (C=O) groups is 1. The fourth-order valence-electron chi connectivity index (χ4n) is 2.19. The number of hydrogen-bond donors (Lipinski definition) is 1. The van der Waals surface area contributed by atoms with E-state index in [4.69, 9.17) is 9.84 Å². The van der Waals surface area contributed by atoms with E-state index in [-0.39, 0.29) is 10.6 Å². The molecule has 0 saturated carbocycles. The summed E-state index contributed by atoms with van der Waals surface area (Å²) in [6, 6.07) is 2.88. The summed E-state index contributed by atoms with van der Waals surface area (Å²) in [5.74, 6) is -0.973. The van der Waals surface area contributed by atoms with E-state index in [1.807, 2.05) is 6.92 Å². The van der Waals surface area contributed by atoms with Crippen LogP contribution in [-0.4, -0.2) is 43.5 Å². The Labute approximate surface area is 125 Å². The summed E-state index contributed by atoms with van der Waals surface area (Å²) >= 11 is 0. The van der Waals surface area contributed by atoms with Gasteiger partial charge >= 0.3 is 5.97 Å². The predicted octanol–water partition coefficient (Wildman–Crippen LogP) is 1.80. The lowest BCUT2D eigenvalue weighted by Crippen LogP contribution is -2.41. The van der Waals surface area contributed by atoms with Crippen LogP contribution in [0.25, 0.3) is 0 Å². The van der Waals surface area contributed by atoms with Crippen LogP contribution in [0, 0.1) is 13.8 Å². The number of sulfonamides is 1. The van der Waals surface area contributed by atoms with Crippen LogP contribution < -0.4 is 4.74 Å². The van der Waals surface area contributed by atoms with Gasteiger partial charge in [0.15, 0.2) is 0 Å². The molecule has 0 saturated heterocycles. The second-order valence-electron chi connectivity index (χ2n) is 5.15. The molecular formula is C14H21NO5S. The maximum Gasteiger partial charge on any atom is 0.318 e. The van der Waals surface area contributed by atoms with Gasteiger partial charge in [-0.15, -0.1) is 0 Å². The minimum absolute atomic E-state index is 0.0190. The van der Waals surface area contributed by atoms with Gasteiger partial charge in [0.2, 0.25) is 10.0 Å². The van der Waals surface area contributed by atoms with Crippen LogP contribution in [0.2, 0.25) is 0 Å². The minimum atomic E-state index is -3.96. The van der Waals surface area contributed by atoms with E-state index in [1.54, 1.807) is 32.9 Å². The first-order valence-electron chi connectivity index (χ1n) is 6.50. The van der Waals surface area contributed by atoms with Crippen molar-refractivity contribution in [2.24, 2.45) is 0 Å². The first kappa shape index (κ1) is 17.5. The standard InChI is InChI=1S/C14H21NO5S/c1-9(2)15(8-13(16)17)21(18,19)14-11(4)6-10(3)7-12(14)20-5/h6-7,9H,8H2,1-5H3,(H,16,17). The van der Waals surface area contributed by atoms with Crippen molar-refractivity contribution in [1.82, 2.24) is 4.31 Å². The average molecular weight is 315 g/mol. The zero-order valence-corrected chi connectivity index (χ0v) is 13.7. The molecule has 0 fully saturated rings. The van der Waals surface area contributed by atoms with Crippen molar-refractivity contribution in [3.8, 4) is 5.75 Å². The number of benzene rings is 1. The van der Waals surface area contributed by atoms with Crippen molar-refractivity contribution >= 4 is 16.0 Å². The normalized spacial score (nSPS) is 12.0. The van der Waals surface area contributed by atoms with Crippen molar-refractivity contribution in [3.63, 3.8) is 0 Å². The molecule has 0 unspecified atom stereocenters. The molecule has 118 valence electrons. The van der Waals surface area contributed by atoms with E-state index in [2.05, 4.69) is 0 Å². The highest BCUT2D eigenvalue weighted by atomic mass is 32.2. The molecule has 0 aliphatic rings. The lowest BCUT2D eigenvalue weighted by molar-refractivity contribution is -0.137. The second-order valence-corrected chi connectivity index (χ2v) is 6.98. The topological polar surface area (TPSA) is 83.9 Å². The number of methoxy groups -OCH3 is 1. The van der Waals surface area contributed by atoms with Crippen molar-refractivity contribution in [1.29, 1.82) is 0 Å². The van der Waals surface area contributed by atoms with Gasteiger partial charge in [0, 0.05) is 6.04 Å². The summed E-state index contributed by atoms with van der Waals surface area (Å²) < 4.78 is 31.7. The van der Waals surface area contributed by atoms with Gasteiger partial charge in [-0.3, -0.25) is 4.79 Å². The number of ether oxygens (including phenoxy) is 1. The van der Waals surface area contributed by atoms with Gasteiger partial charge in [0.1, 0.15) is 17.2 Å². The van der Waals surface area contributed by atoms with Crippen molar-refractivity contribution in [2.75, 3.05) is 13.7 Å². The molecule has 0 heterocycles. The van der Waals surface area contributed by atoms with E-state index in [1.165, 1.54) is 7.11 Å². The molecule has 7 heteroatoms. The van der Waals surface area contributed by atoms with Gasteiger partial charge < -0.3 is 9.84 Å². The monoisotopic (exact) mass is 315 g/mol. The van der Waals surface area contributed by atoms with Gasteiger partial charge in [-0.05, 0) is 44.9 Å². The van der Waals surface area contributed by atoms with Crippen molar-refractivity contribution in [2.45, 2.75) is 38.6 Å². The summed E-state index contributed by atoms with van der Waals surface area (Å²) in [6.45, 7) is 6.19. The Morgan fingerprint density at radius 1 is 1.33 bits per heavy atom. The molecule has 0 bridgehead atoms. The highest BCUT2D eigenvalue weighted by molar-refractivity contribution is 7.89. The Bertz CT molecular complexity index is 637. The maximum absolute atomic E-state index is 12.8. The summed E-state index contributed by atoms with van der Waals surface area (Å²) in [5, 5.41) is 8.95. The molecule has 6 nitrogen and oxygen atoms in total. The quantitative estimate of drug-likeness (QED) is 0.865. The molecule has 0 spiro atoms. The smallest absolute Gasteiger partial charge is 0.318 e. The number of carboxylic acid groups (broad SMARTS) is 1. The van der Waals surface area contributed by atoms with Crippen LogP contribution in [0.5, 0.6) is 5.75 Å². The van der Waals surface area contributed by atoms with Crippen LogP contribution in [0.3, 0.4) is 0 Å². The molecule has 0 aromatic heterocycles. The number of aliphatic carboxylic acids is 1. The number of aryl methyl sites for hydroxylation is 2. The van der Waals surface area contributed by atoms with Gasteiger partial charge in [0.05, 0.1) is 7.11 Å². The molecule has 1 N–H and O–H groups in total. The second kappa shape index (κ2) is 6.44. The van der Waals surface area contributed by atoms with E-state index in [0.29, 0.717) is 5.56 Å². The van der Waals surface area contributed by atoms with E-state index in [0.717, 1.165) is 9.87 Å². The summed E-state index contributed by atoms with van der Waals surface area (Å²) in [4.78, 5) is 11.0. The third kappa shape index (κ3) is 3.74. The molecule has 0 aliphatic carbocycles. The average Bonchev–Trinajstić information content (AvgIpc) is 2.33. The molecule has 1 aromatic carbocycles. The van der Waals surface area contributed by atoms with Gasteiger partial charge in [-0.1, -0.05) is 6.07 Å². The van der Waals surface area contributed by atoms with Gasteiger partial charge in [-0.2, -0.15) is 4.31 Å². The number of hydrogen-bond acceptors (Lipinski definition) is 4. The highest BCUT2D eigenvalue weighted by Crippen LogP contribution is 2.32. The van der Waals surface area contributed by atoms with Crippen LogP contribution in [0.4, 0.5) is 0 Å². The molecule has 21 heavy (non-hydrogen) atoms. The first-order valence-corrected chi connectivity index (χ1v) is 7.94. The van der Waals surface area contributed by atoms with Crippen molar-refractivity contribution < 1.29 is 23.1 Å². The van der Waals surface area contributed by atoms with Gasteiger partial charge in [0.25, 0.3) is 0 Å². The molecule has 0 amide bonds. The summed E-state index contributed by atoms with van der Waals surface area (Å²) in [7, 11) is -2.57.